The minimum atomic E-state index is -4.49. The minimum Gasteiger partial charge on any atom is -0.352 e. The number of halogens is 3. The van der Waals surface area contributed by atoms with Crippen molar-refractivity contribution in [3.05, 3.63) is 53.2 Å². The lowest BCUT2D eigenvalue weighted by Gasteiger charge is -2.35. The number of aromatic nitrogens is 2. The summed E-state index contributed by atoms with van der Waals surface area (Å²) >= 11 is 0. The Kier molecular flexibility index (Phi) is 4.95. The van der Waals surface area contributed by atoms with Gasteiger partial charge in [-0.25, -0.2) is 0 Å². The van der Waals surface area contributed by atoms with E-state index in [-0.39, 0.29) is 5.91 Å². The first-order valence-corrected chi connectivity index (χ1v) is 9.42. The number of nitrogens with zero attached hydrogens (tertiary/aromatic N) is 4. The van der Waals surface area contributed by atoms with E-state index in [4.69, 9.17) is 0 Å². The highest BCUT2D eigenvalue weighted by atomic mass is 19.4. The number of carbonyl (C=O) groups is 1. The van der Waals surface area contributed by atoms with Gasteiger partial charge in [0.15, 0.2) is 11.5 Å². The van der Waals surface area contributed by atoms with Crippen LogP contribution in [0.1, 0.15) is 35.6 Å². The van der Waals surface area contributed by atoms with Crippen LogP contribution in [0, 0.1) is 0 Å². The van der Waals surface area contributed by atoms with Crippen LogP contribution in [-0.4, -0.2) is 47.2 Å². The molecule has 0 unspecified atom stereocenters. The molecule has 1 saturated carbocycles. The molecule has 0 N–H and O–H groups in total. The van der Waals surface area contributed by atoms with E-state index in [1.807, 2.05) is 17.0 Å². The number of piperazine rings is 1. The molecule has 1 aromatic carbocycles. The number of alkyl halides is 3. The Morgan fingerprint density at radius 1 is 0.964 bits per heavy atom. The molecule has 5 nitrogen and oxygen atoms in total. The normalized spacial score (nSPS) is 17.7. The fourth-order valence-electron chi connectivity index (χ4n) is 3.44. The molecule has 0 atom stereocenters. The number of anilines is 1. The largest absolute Gasteiger partial charge is 0.435 e. The van der Waals surface area contributed by atoms with Gasteiger partial charge in [-0.3, -0.25) is 4.79 Å². The molecule has 148 valence electrons. The Labute approximate surface area is 161 Å². The second-order valence-electron chi connectivity index (χ2n) is 7.33. The van der Waals surface area contributed by atoms with Gasteiger partial charge in [-0.05, 0) is 42.0 Å². The maximum absolute atomic E-state index is 12.6. The molecule has 0 spiro atoms. The van der Waals surface area contributed by atoms with Crippen LogP contribution in [0.5, 0.6) is 0 Å². The van der Waals surface area contributed by atoms with Crippen LogP contribution >= 0.6 is 0 Å². The topological polar surface area (TPSA) is 49.3 Å². The molecule has 2 aromatic rings. The average molecular weight is 390 g/mol. The molecule has 1 saturated heterocycles. The molecule has 8 heteroatoms. The van der Waals surface area contributed by atoms with Crippen molar-refractivity contribution in [3.63, 3.8) is 0 Å². The Balaban J connectivity index is 1.30. The first kappa shape index (κ1) is 18.7. The minimum absolute atomic E-state index is 0.0670. The molecule has 1 aromatic heterocycles. The highest BCUT2D eigenvalue weighted by Crippen LogP contribution is 2.39. The predicted octanol–water partition coefficient (Wildman–Crippen LogP) is 3.26. The van der Waals surface area contributed by atoms with Gasteiger partial charge < -0.3 is 9.80 Å². The van der Waals surface area contributed by atoms with Crippen molar-refractivity contribution < 1.29 is 18.0 Å². The van der Waals surface area contributed by atoms with Crippen LogP contribution in [0.25, 0.3) is 0 Å². The standard InChI is InChI=1S/C20H21F3N4O/c21-20(22,23)17-7-8-18(25-24-17)26-9-11-27(12-10-26)19(28)13-14-1-3-15(4-2-14)16-5-6-16/h1-4,7-8,16H,5-6,9-13H2. The Morgan fingerprint density at radius 2 is 1.64 bits per heavy atom. The fraction of sp³-hybridized carbons (Fsp3) is 0.450. The molecule has 2 heterocycles. The van der Waals surface area contributed by atoms with E-state index in [2.05, 4.69) is 22.3 Å². The summed E-state index contributed by atoms with van der Waals surface area (Å²) in [6, 6.07) is 10.5. The van der Waals surface area contributed by atoms with Gasteiger partial charge in [0.25, 0.3) is 0 Å². The van der Waals surface area contributed by atoms with Gasteiger partial charge in [-0.2, -0.15) is 13.2 Å². The molecule has 2 fully saturated rings. The van der Waals surface area contributed by atoms with E-state index in [0.717, 1.165) is 11.6 Å². The zero-order chi connectivity index (χ0) is 19.7. The molecule has 2 aliphatic rings. The fourth-order valence-corrected chi connectivity index (χ4v) is 3.44. The molecular weight excluding hydrogens is 369 g/mol. The van der Waals surface area contributed by atoms with Crippen molar-refractivity contribution in [2.75, 3.05) is 31.1 Å². The number of hydrogen-bond acceptors (Lipinski definition) is 4. The van der Waals surface area contributed by atoms with E-state index in [1.165, 1.54) is 24.5 Å². The zero-order valence-corrected chi connectivity index (χ0v) is 15.3. The molecule has 1 aliphatic carbocycles. The van der Waals surface area contributed by atoms with Gasteiger partial charge in [-0.1, -0.05) is 24.3 Å². The smallest absolute Gasteiger partial charge is 0.352 e. The number of carbonyl (C=O) groups excluding carboxylic acids is 1. The van der Waals surface area contributed by atoms with Crippen LogP contribution in [0.4, 0.5) is 19.0 Å². The monoisotopic (exact) mass is 390 g/mol. The summed E-state index contributed by atoms with van der Waals surface area (Å²) in [5, 5.41) is 6.95. The number of amides is 1. The lowest BCUT2D eigenvalue weighted by molar-refractivity contribution is -0.141. The van der Waals surface area contributed by atoms with Crippen LogP contribution in [0.3, 0.4) is 0 Å². The van der Waals surface area contributed by atoms with Crippen molar-refractivity contribution in [2.24, 2.45) is 0 Å². The quantitative estimate of drug-likeness (QED) is 0.804. The number of benzene rings is 1. The molecule has 0 bridgehead atoms. The maximum Gasteiger partial charge on any atom is 0.435 e. The Morgan fingerprint density at radius 3 is 2.18 bits per heavy atom. The highest BCUT2D eigenvalue weighted by Gasteiger charge is 2.33. The lowest BCUT2D eigenvalue weighted by atomic mass is 10.1. The lowest BCUT2D eigenvalue weighted by Crippen LogP contribution is -2.49. The van der Waals surface area contributed by atoms with Gasteiger partial charge in [0.05, 0.1) is 6.42 Å². The summed E-state index contributed by atoms with van der Waals surface area (Å²) in [6.07, 6.45) is -1.61. The van der Waals surface area contributed by atoms with Gasteiger partial charge in [0, 0.05) is 26.2 Å². The second kappa shape index (κ2) is 7.41. The molecular formula is C20H21F3N4O. The van der Waals surface area contributed by atoms with E-state index in [0.29, 0.717) is 44.3 Å². The average Bonchev–Trinajstić information content (AvgIpc) is 3.53. The third-order valence-corrected chi connectivity index (χ3v) is 5.28. The zero-order valence-electron chi connectivity index (χ0n) is 15.3. The summed E-state index contributed by atoms with van der Waals surface area (Å²) in [4.78, 5) is 16.2. The van der Waals surface area contributed by atoms with E-state index < -0.39 is 11.9 Å². The second-order valence-corrected chi connectivity index (χ2v) is 7.33. The third-order valence-electron chi connectivity index (χ3n) is 5.28. The van der Waals surface area contributed by atoms with Crippen LogP contribution < -0.4 is 4.90 Å². The van der Waals surface area contributed by atoms with Crippen molar-refractivity contribution in [2.45, 2.75) is 31.4 Å². The summed E-state index contributed by atoms with van der Waals surface area (Å²) < 4.78 is 37.8. The van der Waals surface area contributed by atoms with Crippen molar-refractivity contribution in [3.8, 4) is 0 Å². The number of rotatable bonds is 4. The first-order chi connectivity index (χ1) is 13.4. The summed E-state index contributed by atoms with van der Waals surface area (Å²) in [5.41, 5.74) is 1.35. The highest BCUT2D eigenvalue weighted by molar-refractivity contribution is 5.79. The van der Waals surface area contributed by atoms with Gasteiger partial charge in [-0.15, -0.1) is 10.2 Å². The van der Waals surface area contributed by atoms with Crippen molar-refractivity contribution in [1.82, 2.24) is 15.1 Å². The van der Waals surface area contributed by atoms with Crippen LogP contribution in [0.15, 0.2) is 36.4 Å². The molecule has 0 radical (unpaired) electrons. The predicted molar refractivity (Wildman–Crippen MR) is 97.9 cm³/mol. The summed E-state index contributed by atoms with van der Waals surface area (Å²) in [6.45, 7) is 2.07. The number of hydrogen-bond donors (Lipinski definition) is 0. The van der Waals surface area contributed by atoms with Gasteiger partial charge in [0.2, 0.25) is 5.91 Å². The summed E-state index contributed by atoms with van der Waals surface area (Å²) in [7, 11) is 0. The van der Waals surface area contributed by atoms with E-state index >= 15 is 0 Å². The Bertz CT molecular complexity index is 824. The van der Waals surface area contributed by atoms with E-state index in [1.54, 1.807) is 4.90 Å². The van der Waals surface area contributed by atoms with Crippen molar-refractivity contribution in [1.29, 1.82) is 0 Å². The van der Waals surface area contributed by atoms with Crippen molar-refractivity contribution >= 4 is 11.7 Å². The Hall–Kier alpha value is -2.64. The molecule has 1 aliphatic heterocycles. The maximum atomic E-state index is 12.6. The van der Waals surface area contributed by atoms with E-state index in [9.17, 15) is 18.0 Å². The van der Waals surface area contributed by atoms with Gasteiger partial charge in [0.1, 0.15) is 0 Å². The SMILES string of the molecule is O=C(Cc1ccc(C2CC2)cc1)N1CCN(c2ccc(C(F)(F)F)nn2)CC1. The van der Waals surface area contributed by atoms with Gasteiger partial charge >= 0.3 is 6.18 Å². The molecule has 4 rings (SSSR count). The van der Waals surface area contributed by atoms with Crippen LogP contribution in [0.2, 0.25) is 0 Å². The third kappa shape index (κ3) is 4.26. The first-order valence-electron chi connectivity index (χ1n) is 9.42. The molecule has 28 heavy (non-hydrogen) atoms. The molecule has 1 amide bonds. The van der Waals surface area contributed by atoms with Crippen LogP contribution in [-0.2, 0) is 17.4 Å². The summed E-state index contributed by atoms with van der Waals surface area (Å²) in [5.74, 6) is 1.17.